The van der Waals surface area contributed by atoms with Gasteiger partial charge < -0.3 is 0 Å². The average Bonchev–Trinajstić information content (AvgIpc) is 3.16. The van der Waals surface area contributed by atoms with E-state index in [9.17, 15) is 0 Å². The number of allylic oxidation sites excluding steroid dienone is 4. The summed E-state index contributed by atoms with van der Waals surface area (Å²) < 4.78 is 0. The summed E-state index contributed by atoms with van der Waals surface area (Å²) in [5.74, 6) is 0.402. The van der Waals surface area contributed by atoms with Gasteiger partial charge in [0.2, 0.25) is 0 Å². The van der Waals surface area contributed by atoms with Crippen molar-refractivity contribution in [3.8, 4) is 11.1 Å². The molecule has 0 saturated heterocycles. The fourth-order valence-electron chi connectivity index (χ4n) is 3.60. The molecule has 0 bridgehead atoms. The predicted molar refractivity (Wildman–Crippen MR) is 90.9 cm³/mol. The average molecular weight is 307 g/mol. The van der Waals surface area contributed by atoms with Gasteiger partial charge in [-0.2, -0.15) is 11.1 Å². The van der Waals surface area contributed by atoms with Gasteiger partial charge in [-0.25, -0.2) is 0 Å². The van der Waals surface area contributed by atoms with E-state index in [4.69, 9.17) is 11.1 Å². The summed E-state index contributed by atoms with van der Waals surface area (Å²) in [5.41, 5.74) is 7.51. The molecule has 0 aliphatic heterocycles. The second kappa shape index (κ2) is 5.32. The Labute approximate surface area is 132 Å². The van der Waals surface area contributed by atoms with Gasteiger partial charge in [0.15, 0.2) is 8.83 Å². The molecule has 2 aromatic carbocycles. The number of fused-ring (bicyclic) bond motifs is 3. The highest BCUT2D eigenvalue weighted by Crippen LogP contribution is 2.52. The summed E-state index contributed by atoms with van der Waals surface area (Å²) in [6, 6.07) is 17.6. The maximum absolute atomic E-state index is 6.42. The van der Waals surface area contributed by atoms with Gasteiger partial charge in [0.25, 0.3) is 0 Å². The van der Waals surface area contributed by atoms with Crippen molar-refractivity contribution >= 4 is 19.9 Å². The maximum Gasteiger partial charge on any atom is 0.180 e. The highest BCUT2D eigenvalue weighted by Gasteiger charge is 2.35. The molecule has 2 aliphatic carbocycles. The highest BCUT2D eigenvalue weighted by molar-refractivity contribution is 6.95. The second-order valence-electron chi connectivity index (χ2n) is 5.61. The van der Waals surface area contributed by atoms with Gasteiger partial charge in [-0.1, -0.05) is 72.3 Å². The molecule has 4 rings (SSSR count). The van der Waals surface area contributed by atoms with Crippen LogP contribution in [0.4, 0.5) is 0 Å². The molecule has 21 heavy (non-hydrogen) atoms. The number of rotatable bonds is 3. The zero-order valence-corrected chi connectivity index (χ0v) is 13.3. The maximum atomic E-state index is 6.42. The fourth-order valence-corrected chi connectivity index (χ4v) is 5.23. The van der Waals surface area contributed by atoms with E-state index in [0.717, 1.165) is 6.42 Å². The molecule has 0 aromatic heterocycles. The van der Waals surface area contributed by atoms with Crippen LogP contribution in [0, 0.1) is 0 Å². The van der Waals surface area contributed by atoms with Crippen molar-refractivity contribution in [1.29, 1.82) is 0 Å². The lowest BCUT2D eigenvalue weighted by molar-refractivity contribution is 0.799. The first-order chi connectivity index (χ1) is 10.4. The number of hydrogen-bond acceptors (Lipinski definition) is 0. The first kappa shape index (κ1) is 13.1. The first-order valence-corrected chi connectivity index (χ1v) is 9.39. The van der Waals surface area contributed by atoms with Crippen molar-refractivity contribution in [2.75, 3.05) is 0 Å². The van der Waals surface area contributed by atoms with Crippen LogP contribution in [0.25, 0.3) is 11.1 Å². The SMILES string of the molecule is Cl[Si]C(C1=CC=CC1)C1c2ccccc2-c2ccccc21. The molecule has 0 N–H and O–H groups in total. The lowest BCUT2D eigenvalue weighted by atomic mass is 9.89. The third kappa shape index (κ3) is 2.04. The molecular formula is C19H15ClSi. The Bertz CT molecular complexity index is 699. The minimum Gasteiger partial charge on any atom is -0.171 e. The van der Waals surface area contributed by atoms with E-state index in [1.165, 1.54) is 27.8 Å². The Balaban J connectivity index is 1.88. The number of halogens is 1. The van der Waals surface area contributed by atoms with E-state index < -0.39 is 0 Å². The van der Waals surface area contributed by atoms with Crippen molar-refractivity contribution in [3.05, 3.63) is 83.5 Å². The summed E-state index contributed by atoms with van der Waals surface area (Å²) in [7, 11) is 0.405. The van der Waals surface area contributed by atoms with Crippen LogP contribution < -0.4 is 0 Å². The summed E-state index contributed by atoms with van der Waals surface area (Å²) >= 11 is 6.42. The molecule has 1 unspecified atom stereocenters. The van der Waals surface area contributed by atoms with E-state index in [0.29, 0.717) is 20.3 Å². The zero-order valence-electron chi connectivity index (χ0n) is 11.6. The second-order valence-corrected chi connectivity index (χ2v) is 7.11. The summed E-state index contributed by atoms with van der Waals surface area (Å²) in [5, 5.41) is 0. The van der Waals surface area contributed by atoms with Crippen LogP contribution >= 0.6 is 11.1 Å². The summed E-state index contributed by atoms with van der Waals surface area (Å²) in [6.07, 6.45) is 7.69. The van der Waals surface area contributed by atoms with Crippen molar-refractivity contribution in [3.63, 3.8) is 0 Å². The molecule has 0 amide bonds. The van der Waals surface area contributed by atoms with E-state index in [1.807, 2.05) is 0 Å². The van der Waals surface area contributed by atoms with Gasteiger partial charge in [-0.3, -0.25) is 0 Å². The number of benzene rings is 2. The Morgan fingerprint density at radius 2 is 1.57 bits per heavy atom. The summed E-state index contributed by atoms with van der Waals surface area (Å²) in [6.45, 7) is 0. The minimum absolute atomic E-state index is 0.402. The third-order valence-electron chi connectivity index (χ3n) is 4.53. The van der Waals surface area contributed by atoms with Crippen LogP contribution in [0.3, 0.4) is 0 Å². The highest BCUT2D eigenvalue weighted by atomic mass is 35.6. The Morgan fingerprint density at radius 1 is 0.952 bits per heavy atom. The van der Waals surface area contributed by atoms with E-state index in [1.54, 1.807) is 0 Å². The lowest BCUT2D eigenvalue weighted by Crippen LogP contribution is -2.12. The van der Waals surface area contributed by atoms with Gasteiger partial charge in [0, 0.05) is 5.92 Å². The molecule has 0 saturated carbocycles. The number of hydrogen-bond donors (Lipinski definition) is 0. The molecule has 2 radical (unpaired) electrons. The quantitative estimate of drug-likeness (QED) is 0.531. The molecule has 0 nitrogen and oxygen atoms in total. The van der Waals surface area contributed by atoms with Crippen LogP contribution in [0.15, 0.2) is 72.3 Å². The zero-order chi connectivity index (χ0) is 14.2. The Hall–Kier alpha value is -1.57. The Morgan fingerprint density at radius 3 is 2.10 bits per heavy atom. The summed E-state index contributed by atoms with van der Waals surface area (Å²) in [4.78, 5) is 0. The molecule has 0 heterocycles. The van der Waals surface area contributed by atoms with Crippen LogP contribution in [-0.2, 0) is 0 Å². The molecule has 2 aliphatic rings. The third-order valence-corrected chi connectivity index (χ3v) is 6.18. The van der Waals surface area contributed by atoms with Gasteiger partial charge in [-0.05, 0) is 34.2 Å². The molecule has 2 aromatic rings. The molecule has 102 valence electrons. The topological polar surface area (TPSA) is 0 Å². The van der Waals surface area contributed by atoms with Crippen LogP contribution in [-0.4, -0.2) is 8.83 Å². The van der Waals surface area contributed by atoms with Crippen LogP contribution in [0.2, 0.25) is 5.54 Å². The van der Waals surface area contributed by atoms with Crippen molar-refractivity contribution in [1.82, 2.24) is 0 Å². The van der Waals surface area contributed by atoms with Crippen molar-refractivity contribution in [2.45, 2.75) is 17.9 Å². The molecule has 1 atom stereocenters. The van der Waals surface area contributed by atoms with Crippen molar-refractivity contribution in [2.24, 2.45) is 0 Å². The molecule has 0 fully saturated rings. The molecular weight excluding hydrogens is 292 g/mol. The van der Waals surface area contributed by atoms with Gasteiger partial charge >= 0.3 is 0 Å². The smallest absolute Gasteiger partial charge is 0.171 e. The van der Waals surface area contributed by atoms with Crippen molar-refractivity contribution < 1.29 is 0 Å². The van der Waals surface area contributed by atoms with E-state index >= 15 is 0 Å². The predicted octanol–water partition coefficient (Wildman–Crippen LogP) is 5.33. The molecule has 2 heteroatoms. The van der Waals surface area contributed by atoms with E-state index in [-0.39, 0.29) is 0 Å². The van der Waals surface area contributed by atoms with Gasteiger partial charge in [0.05, 0.1) is 0 Å². The first-order valence-electron chi connectivity index (χ1n) is 7.30. The van der Waals surface area contributed by atoms with Gasteiger partial charge in [-0.15, -0.1) is 0 Å². The lowest BCUT2D eigenvalue weighted by Gasteiger charge is -2.24. The Kier molecular flexibility index (Phi) is 3.32. The fraction of sp³-hybridized carbons (Fsp3) is 0.158. The van der Waals surface area contributed by atoms with E-state index in [2.05, 4.69) is 66.8 Å². The minimum atomic E-state index is 0.402. The standard InChI is InChI=1S/C19H15ClSi/c20-21-19(13-7-1-2-8-13)18-16-11-5-3-9-14(16)15-10-4-6-12-17(15)18/h1-7,9-12,18-19H,8H2. The monoisotopic (exact) mass is 306 g/mol. The largest absolute Gasteiger partial charge is 0.180 e. The normalized spacial score (nSPS) is 17.5. The van der Waals surface area contributed by atoms with Crippen LogP contribution in [0.5, 0.6) is 0 Å². The van der Waals surface area contributed by atoms with Gasteiger partial charge in [0.1, 0.15) is 0 Å². The van der Waals surface area contributed by atoms with Crippen LogP contribution in [0.1, 0.15) is 23.5 Å². The molecule has 0 spiro atoms.